The molecule has 0 aliphatic heterocycles. The summed E-state index contributed by atoms with van der Waals surface area (Å²) in [6.07, 6.45) is 4.44. The van der Waals surface area contributed by atoms with Gasteiger partial charge in [-0.3, -0.25) is 30.6 Å². The van der Waals surface area contributed by atoms with Crippen molar-refractivity contribution in [2.75, 3.05) is 0 Å². The van der Waals surface area contributed by atoms with Crippen molar-refractivity contribution >= 4 is 34.9 Å². The molecule has 2 heterocycles. The average Bonchev–Trinajstić information content (AvgIpc) is 3.36. The van der Waals surface area contributed by atoms with Gasteiger partial charge in [-0.15, -0.1) is 11.3 Å². The monoisotopic (exact) mass is 382 g/mol. The van der Waals surface area contributed by atoms with Crippen LogP contribution in [-0.4, -0.2) is 21.7 Å². The normalized spacial score (nSPS) is 10.7. The molecule has 0 atom stereocenters. The van der Waals surface area contributed by atoms with Crippen molar-refractivity contribution in [1.29, 1.82) is 0 Å². The number of carbonyl (C=O) groups excluding carboxylic acids is 2. The molecule has 2 amide bonds. The molecule has 27 heavy (non-hydrogen) atoms. The first kappa shape index (κ1) is 18.1. The molecule has 136 valence electrons. The van der Waals surface area contributed by atoms with E-state index in [2.05, 4.69) is 15.8 Å². The van der Waals surface area contributed by atoms with E-state index >= 15 is 0 Å². The van der Waals surface area contributed by atoms with Crippen LogP contribution in [0.4, 0.5) is 5.69 Å². The van der Waals surface area contributed by atoms with E-state index in [1.807, 2.05) is 0 Å². The van der Waals surface area contributed by atoms with Crippen LogP contribution in [0.2, 0.25) is 0 Å². The minimum absolute atomic E-state index is 0.0275. The minimum atomic E-state index is -0.504. The highest BCUT2D eigenvalue weighted by Crippen LogP contribution is 2.34. The number of hydrogen-bond acceptors (Lipinski definition) is 5. The number of nitrogens with zero attached hydrogens (tertiary/aromatic N) is 1. The van der Waals surface area contributed by atoms with Crippen LogP contribution < -0.4 is 10.9 Å². The van der Waals surface area contributed by atoms with Gasteiger partial charge < -0.3 is 4.98 Å². The van der Waals surface area contributed by atoms with E-state index in [9.17, 15) is 19.7 Å². The third-order valence-electron chi connectivity index (χ3n) is 3.53. The number of benzene rings is 1. The smallest absolute Gasteiger partial charge is 0.286 e. The van der Waals surface area contributed by atoms with Crippen LogP contribution in [0.5, 0.6) is 0 Å². The summed E-state index contributed by atoms with van der Waals surface area (Å²) in [5.74, 6) is -0.966. The first-order valence-corrected chi connectivity index (χ1v) is 8.61. The number of thiophene rings is 1. The molecular formula is C18H14N4O4S. The molecule has 3 rings (SSSR count). The summed E-state index contributed by atoms with van der Waals surface area (Å²) in [5, 5.41) is 11.1. The van der Waals surface area contributed by atoms with Gasteiger partial charge in [0, 0.05) is 28.1 Å². The second-order valence-corrected chi connectivity index (χ2v) is 6.45. The van der Waals surface area contributed by atoms with E-state index in [0.717, 1.165) is 9.75 Å². The summed E-state index contributed by atoms with van der Waals surface area (Å²) in [7, 11) is 0. The van der Waals surface area contributed by atoms with Gasteiger partial charge in [0.1, 0.15) is 5.69 Å². The topological polar surface area (TPSA) is 117 Å². The molecule has 0 aliphatic carbocycles. The second kappa shape index (κ2) is 8.11. The maximum absolute atomic E-state index is 11.8. The van der Waals surface area contributed by atoms with Crippen molar-refractivity contribution in [2.24, 2.45) is 0 Å². The van der Waals surface area contributed by atoms with E-state index in [-0.39, 0.29) is 5.69 Å². The van der Waals surface area contributed by atoms with E-state index in [1.165, 1.54) is 23.5 Å². The van der Waals surface area contributed by atoms with Gasteiger partial charge >= 0.3 is 0 Å². The van der Waals surface area contributed by atoms with Gasteiger partial charge in [-0.2, -0.15) is 0 Å². The fourth-order valence-corrected chi connectivity index (χ4v) is 3.23. The number of hydrazine groups is 1. The largest absolute Gasteiger partial charge is 0.357 e. The van der Waals surface area contributed by atoms with Crippen LogP contribution in [0, 0.1) is 10.1 Å². The van der Waals surface area contributed by atoms with Gasteiger partial charge in [0.25, 0.3) is 17.5 Å². The quantitative estimate of drug-likeness (QED) is 0.357. The lowest BCUT2D eigenvalue weighted by Crippen LogP contribution is -2.40. The predicted molar refractivity (Wildman–Crippen MR) is 102 cm³/mol. The standard InChI is InChI=1S/C18H14N4O4S/c23-17(20-21-18(24)14-5-3-11-19-14)10-8-12-7-9-16(27-12)13-4-1-2-6-15(13)22(25)26/h1-11,19H,(H,20,23)(H,21,24)/b10-8+. The van der Waals surface area contributed by atoms with E-state index < -0.39 is 16.7 Å². The SMILES string of the molecule is O=C(/C=C/c1ccc(-c2ccccc2[N+](=O)[O-])s1)NNC(=O)c1ccc[nH]1. The summed E-state index contributed by atoms with van der Waals surface area (Å²) >= 11 is 1.32. The fourth-order valence-electron chi connectivity index (χ4n) is 2.29. The minimum Gasteiger partial charge on any atom is -0.357 e. The molecule has 9 heteroatoms. The summed E-state index contributed by atoms with van der Waals surface area (Å²) in [6.45, 7) is 0. The molecule has 1 aromatic carbocycles. The molecule has 0 aliphatic rings. The Bertz CT molecular complexity index is 1010. The summed E-state index contributed by atoms with van der Waals surface area (Å²) in [4.78, 5) is 38.4. The number of carbonyl (C=O) groups is 2. The van der Waals surface area contributed by atoms with Gasteiger partial charge in [0.05, 0.1) is 10.5 Å². The number of aromatic amines is 1. The van der Waals surface area contributed by atoms with E-state index in [0.29, 0.717) is 11.3 Å². The summed E-state index contributed by atoms with van der Waals surface area (Å²) in [6, 6.07) is 13.2. The number of para-hydroxylation sites is 1. The fraction of sp³-hybridized carbons (Fsp3) is 0. The Balaban J connectivity index is 1.63. The second-order valence-electron chi connectivity index (χ2n) is 5.34. The number of nitrogens with one attached hydrogen (secondary N) is 3. The number of amides is 2. The summed E-state index contributed by atoms with van der Waals surface area (Å²) in [5.41, 5.74) is 5.43. The summed E-state index contributed by atoms with van der Waals surface area (Å²) < 4.78 is 0. The highest BCUT2D eigenvalue weighted by atomic mass is 32.1. The Kier molecular flexibility index (Phi) is 5.43. The lowest BCUT2D eigenvalue weighted by molar-refractivity contribution is -0.384. The Labute approximate surface area is 157 Å². The van der Waals surface area contributed by atoms with Gasteiger partial charge in [-0.1, -0.05) is 12.1 Å². The predicted octanol–water partition coefficient (Wildman–Crippen LogP) is 3.13. The lowest BCUT2D eigenvalue weighted by Gasteiger charge is -2.03. The van der Waals surface area contributed by atoms with Crippen molar-refractivity contribution in [3.05, 3.63) is 81.5 Å². The van der Waals surface area contributed by atoms with Crippen molar-refractivity contribution in [1.82, 2.24) is 15.8 Å². The molecule has 8 nitrogen and oxygen atoms in total. The van der Waals surface area contributed by atoms with Crippen LogP contribution in [0.25, 0.3) is 16.5 Å². The number of H-pyrrole nitrogens is 1. The van der Waals surface area contributed by atoms with Gasteiger partial charge in [-0.25, -0.2) is 0 Å². The molecule has 0 unspecified atom stereocenters. The zero-order chi connectivity index (χ0) is 19.2. The Morgan fingerprint density at radius 3 is 2.63 bits per heavy atom. The maximum atomic E-state index is 11.8. The molecule has 3 N–H and O–H groups in total. The van der Waals surface area contributed by atoms with Crippen molar-refractivity contribution in [3.63, 3.8) is 0 Å². The van der Waals surface area contributed by atoms with Crippen molar-refractivity contribution in [3.8, 4) is 10.4 Å². The highest BCUT2D eigenvalue weighted by molar-refractivity contribution is 7.16. The molecule has 0 spiro atoms. The highest BCUT2D eigenvalue weighted by Gasteiger charge is 2.15. The molecule has 0 fully saturated rings. The first-order chi connectivity index (χ1) is 13.0. The molecule has 0 saturated heterocycles. The zero-order valence-electron chi connectivity index (χ0n) is 13.8. The number of hydrogen-bond donors (Lipinski definition) is 3. The van der Waals surface area contributed by atoms with Gasteiger partial charge in [0.2, 0.25) is 0 Å². The van der Waals surface area contributed by atoms with Crippen molar-refractivity contribution < 1.29 is 14.5 Å². The molecular weight excluding hydrogens is 368 g/mol. The van der Waals surface area contributed by atoms with E-state index in [4.69, 9.17) is 0 Å². The van der Waals surface area contributed by atoms with Gasteiger partial charge in [0.15, 0.2) is 0 Å². The molecule has 3 aromatic rings. The number of aromatic nitrogens is 1. The lowest BCUT2D eigenvalue weighted by atomic mass is 10.1. The van der Waals surface area contributed by atoms with Gasteiger partial charge in [-0.05, 0) is 36.4 Å². The Morgan fingerprint density at radius 2 is 1.89 bits per heavy atom. The number of nitro benzene ring substituents is 1. The third-order valence-corrected chi connectivity index (χ3v) is 4.62. The first-order valence-electron chi connectivity index (χ1n) is 7.80. The molecule has 0 radical (unpaired) electrons. The molecule has 0 bridgehead atoms. The Morgan fingerprint density at radius 1 is 1.07 bits per heavy atom. The molecule has 0 saturated carbocycles. The maximum Gasteiger partial charge on any atom is 0.286 e. The van der Waals surface area contributed by atoms with Crippen LogP contribution in [0.3, 0.4) is 0 Å². The number of nitro groups is 1. The third kappa shape index (κ3) is 4.47. The van der Waals surface area contributed by atoms with Crippen LogP contribution in [0.1, 0.15) is 15.4 Å². The van der Waals surface area contributed by atoms with Crippen LogP contribution in [0.15, 0.2) is 60.8 Å². The van der Waals surface area contributed by atoms with Crippen molar-refractivity contribution in [2.45, 2.75) is 0 Å². The Hall–Kier alpha value is -3.72. The van der Waals surface area contributed by atoms with Crippen LogP contribution in [-0.2, 0) is 4.79 Å². The van der Waals surface area contributed by atoms with Crippen LogP contribution >= 0.6 is 11.3 Å². The zero-order valence-corrected chi connectivity index (χ0v) is 14.7. The number of rotatable bonds is 5. The average molecular weight is 382 g/mol. The molecule has 2 aromatic heterocycles. The van der Waals surface area contributed by atoms with E-state index in [1.54, 1.807) is 54.7 Å².